The number of nitrogens with zero attached hydrogens (tertiary/aromatic N) is 1. The van der Waals surface area contributed by atoms with Gasteiger partial charge in [-0.05, 0) is 25.5 Å². The lowest BCUT2D eigenvalue weighted by Crippen LogP contribution is -2.08. The zero-order valence-electron chi connectivity index (χ0n) is 9.20. The number of hydrogen-bond acceptors (Lipinski definition) is 3. The molecule has 0 bridgehead atoms. The zero-order valence-corrected chi connectivity index (χ0v) is 9.20. The second-order valence-corrected chi connectivity index (χ2v) is 2.39. The summed E-state index contributed by atoms with van der Waals surface area (Å²) in [4.78, 5) is 15.1. The highest BCUT2D eigenvalue weighted by Crippen LogP contribution is 2.04. The van der Waals surface area contributed by atoms with Crippen molar-refractivity contribution in [1.82, 2.24) is 4.98 Å². The summed E-state index contributed by atoms with van der Waals surface area (Å²) in [6.07, 6.45) is 1.58. The van der Waals surface area contributed by atoms with Crippen LogP contribution in [0.3, 0.4) is 0 Å². The summed E-state index contributed by atoms with van der Waals surface area (Å²) >= 11 is 0. The molecule has 0 fully saturated rings. The quantitative estimate of drug-likeness (QED) is 0.681. The average molecular weight is 195 g/mol. The van der Waals surface area contributed by atoms with E-state index in [-0.39, 0.29) is 5.97 Å². The fourth-order valence-electron chi connectivity index (χ4n) is 0.899. The Kier molecular flexibility index (Phi) is 6.37. The van der Waals surface area contributed by atoms with Gasteiger partial charge in [0, 0.05) is 6.20 Å². The SMILES string of the molecule is CC.CCOC(=O)c1ncccc1C. The largest absolute Gasteiger partial charge is 0.461 e. The van der Waals surface area contributed by atoms with Crippen LogP contribution in [0.15, 0.2) is 18.3 Å². The fraction of sp³-hybridized carbons (Fsp3) is 0.455. The number of esters is 1. The summed E-state index contributed by atoms with van der Waals surface area (Å²) in [6, 6.07) is 3.62. The summed E-state index contributed by atoms with van der Waals surface area (Å²) in [5.41, 5.74) is 1.25. The Morgan fingerprint density at radius 2 is 2.14 bits per heavy atom. The Bertz CT molecular complexity index is 284. The molecule has 1 heterocycles. The molecule has 0 unspecified atom stereocenters. The molecule has 0 atom stereocenters. The molecule has 3 heteroatoms. The van der Waals surface area contributed by atoms with Gasteiger partial charge in [-0.15, -0.1) is 0 Å². The summed E-state index contributed by atoms with van der Waals surface area (Å²) < 4.78 is 4.81. The predicted molar refractivity (Wildman–Crippen MR) is 56.3 cm³/mol. The van der Waals surface area contributed by atoms with E-state index in [1.54, 1.807) is 19.2 Å². The van der Waals surface area contributed by atoms with E-state index in [2.05, 4.69) is 4.98 Å². The molecule has 0 aromatic carbocycles. The van der Waals surface area contributed by atoms with Crippen molar-refractivity contribution >= 4 is 5.97 Å². The summed E-state index contributed by atoms with van der Waals surface area (Å²) in [6.45, 7) is 7.99. The van der Waals surface area contributed by atoms with Gasteiger partial charge >= 0.3 is 5.97 Å². The topological polar surface area (TPSA) is 39.2 Å². The van der Waals surface area contributed by atoms with Gasteiger partial charge in [0.25, 0.3) is 0 Å². The van der Waals surface area contributed by atoms with E-state index in [0.717, 1.165) is 5.56 Å². The first-order valence-corrected chi connectivity index (χ1v) is 4.84. The molecule has 0 saturated heterocycles. The molecule has 3 nitrogen and oxygen atoms in total. The number of rotatable bonds is 2. The molecule has 1 aromatic heterocycles. The van der Waals surface area contributed by atoms with E-state index >= 15 is 0 Å². The average Bonchev–Trinajstić information content (AvgIpc) is 2.22. The Hall–Kier alpha value is -1.38. The standard InChI is InChI=1S/C9H11NO2.C2H6/c1-3-12-9(11)8-7(2)5-4-6-10-8;1-2/h4-6H,3H2,1-2H3;1-2H3. The molecule has 0 aliphatic heterocycles. The van der Waals surface area contributed by atoms with E-state index in [9.17, 15) is 4.79 Å². The number of pyridine rings is 1. The van der Waals surface area contributed by atoms with Gasteiger partial charge in [0.1, 0.15) is 0 Å². The van der Waals surface area contributed by atoms with Crippen LogP contribution in [0.1, 0.15) is 36.8 Å². The zero-order chi connectivity index (χ0) is 11.0. The molecular weight excluding hydrogens is 178 g/mol. The van der Waals surface area contributed by atoms with Crippen LogP contribution in [0.5, 0.6) is 0 Å². The van der Waals surface area contributed by atoms with E-state index < -0.39 is 0 Å². The van der Waals surface area contributed by atoms with Gasteiger partial charge in [0.15, 0.2) is 5.69 Å². The Labute approximate surface area is 85.1 Å². The van der Waals surface area contributed by atoms with Gasteiger partial charge < -0.3 is 4.74 Å². The van der Waals surface area contributed by atoms with E-state index in [0.29, 0.717) is 12.3 Å². The van der Waals surface area contributed by atoms with Crippen molar-refractivity contribution < 1.29 is 9.53 Å². The van der Waals surface area contributed by atoms with E-state index in [1.807, 2.05) is 26.8 Å². The minimum absolute atomic E-state index is 0.351. The molecule has 1 aromatic rings. The monoisotopic (exact) mass is 195 g/mol. The maximum absolute atomic E-state index is 11.2. The molecule has 0 amide bonds. The fourth-order valence-corrected chi connectivity index (χ4v) is 0.899. The summed E-state index contributed by atoms with van der Waals surface area (Å²) in [5, 5.41) is 0. The van der Waals surface area contributed by atoms with Crippen molar-refractivity contribution in [2.24, 2.45) is 0 Å². The first kappa shape index (κ1) is 12.6. The highest BCUT2D eigenvalue weighted by atomic mass is 16.5. The van der Waals surface area contributed by atoms with Gasteiger partial charge in [-0.2, -0.15) is 0 Å². The lowest BCUT2D eigenvalue weighted by atomic mass is 10.2. The van der Waals surface area contributed by atoms with Crippen LogP contribution < -0.4 is 0 Å². The lowest BCUT2D eigenvalue weighted by Gasteiger charge is -2.02. The number of hydrogen-bond donors (Lipinski definition) is 0. The van der Waals surface area contributed by atoms with E-state index in [4.69, 9.17) is 4.74 Å². The normalized spacial score (nSPS) is 8.57. The van der Waals surface area contributed by atoms with Crippen LogP contribution in [0.4, 0.5) is 0 Å². The van der Waals surface area contributed by atoms with Gasteiger partial charge in [0.05, 0.1) is 6.61 Å². The second-order valence-electron chi connectivity index (χ2n) is 2.39. The third-order valence-corrected chi connectivity index (χ3v) is 1.48. The van der Waals surface area contributed by atoms with Gasteiger partial charge in [-0.1, -0.05) is 19.9 Å². The van der Waals surface area contributed by atoms with Crippen LogP contribution in [-0.4, -0.2) is 17.6 Å². The minimum Gasteiger partial charge on any atom is -0.461 e. The van der Waals surface area contributed by atoms with Crippen molar-refractivity contribution in [3.05, 3.63) is 29.6 Å². The predicted octanol–water partition coefficient (Wildman–Crippen LogP) is 2.59. The number of carbonyl (C=O) groups is 1. The van der Waals surface area contributed by atoms with Crippen molar-refractivity contribution in [1.29, 1.82) is 0 Å². The molecule has 0 spiro atoms. The first-order chi connectivity index (χ1) is 6.75. The number of ether oxygens (including phenoxy) is 1. The molecule has 0 saturated carbocycles. The molecular formula is C11H17NO2. The Morgan fingerprint density at radius 3 is 2.64 bits per heavy atom. The van der Waals surface area contributed by atoms with Crippen LogP contribution in [-0.2, 0) is 4.74 Å². The maximum atomic E-state index is 11.2. The van der Waals surface area contributed by atoms with Crippen molar-refractivity contribution in [2.75, 3.05) is 6.61 Å². The highest BCUT2D eigenvalue weighted by molar-refractivity contribution is 5.88. The van der Waals surface area contributed by atoms with Crippen LogP contribution in [0.25, 0.3) is 0 Å². The molecule has 0 aliphatic rings. The molecule has 0 radical (unpaired) electrons. The van der Waals surface area contributed by atoms with Crippen molar-refractivity contribution in [2.45, 2.75) is 27.7 Å². The summed E-state index contributed by atoms with van der Waals surface area (Å²) in [7, 11) is 0. The van der Waals surface area contributed by atoms with Gasteiger partial charge in [-0.3, -0.25) is 0 Å². The maximum Gasteiger partial charge on any atom is 0.357 e. The molecule has 0 aliphatic carbocycles. The van der Waals surface area contributed by atoms with E-state index in [1.165, 1.54) is 0 Å². The van der Waals surface area contributed by atoms with Gasteiger partial charge in [-0.25, -0.2) is 9.78 Å². The minimum atomic E-state index is -0.351. The number of aryl methyl sites for hydroxylation is 1. The Morgan fingerprint density at radius 1 is 1.50 bits per heavy atom. The smallest absolute Gasteiger partial charge is 0.357 e. The van der Waals surface area contributed by atoms with Gasteiger partial charge in [0.2, 0.25) is 0 Å². The number of aromatic nitrogens is 1. The van der Waals surface area contributed by atoms with Crippen molar-refractivity contribution in [3.63, 3.8) is 0 Å². The molecule has 0 N–H and O–H groups in total. The second kappa shape index (κ2) is 7.06. The lowest BCUT2D eigenvalue weighted by molar-refractivity contribution is 0.0518. The molecule has 14 heavy (non-hydrogen) atoms. The van der Waals surface area contributed by atoms with Crippen LogP contribution in [0, 0.1) is 6.92 Å². The van der Waals surface area contributed by atoms with Crippen molar-refractivity contribution in [3.8, 4) is 0 Å². The van der Waals surface area contributed by atoms with Crippen LogP contribution in [0.2, 0.25) is 0 Å². The van der Waals surface area contributed by atoms with Crippen LogP contribution >= 0.6 is 0 Å². The third kappa shape index (κ3) is 3.56. The molecule has 1 rings (SSSR count). The Balaban J connectivity index is 0.000000791. The third-order valence-electron chi connectivity index (χ3n) is 1.48. The molecule has 78 valence electrons. The summed E-state index contributed by atoms with van der Waals surface area (Å²) in [5.74, 6) is -0.351. The highest BCUT2D eigenvalue weighted by Gasteiger charge is 2.09. The number of carbonyl (C=O) groups excluding carboxylic acids is 1. The first-order valence-electron chi connectivity index (χ1n) is 4.84.